The summed E-state index contributed by atoms with van der Waals surface area (Å²) in [4.78, 5) is 14.7. The summed E-state index contributed by atoms with van der Waals surface area (Å²) in [6.45, 7) is 4.10. The standard InChI is InChI=1S/C15H22N2O/c1-12(17-10-4-2-3-5-11-17)15(18)13-6-8-14(16)9-7-13/h6-9,12H,2-5,10-11,16H2,1H3/t12-/m0/s1. The Kier molecular flexibility index (Phi) is 4.37. The Morgan fingerprint density at radius 3 is 2.22 bits per heavy atom. The SMILES string of the molecule is C[C@@H](C(=O)c1ccc(N)cc1)N1CCCCCC1. The van der Waals surface area contributed by atoms with Gasteiger partial charge in [-0.2, -0.15) is 0 Å². The molecule has 3 heteroatoms. The molecule has 2 N–H and O–H groups in total. The smallest absolute Gasteiger partial charge is 0.179 e. The van der Waals surface area contributed by atoms with Crippen LogP contribution in [0.5, 0.6) is 0 Å². The van der Waals surface area contributed by atoms with Gasteiger partial charge in [0.15, 0.2) is 5.78 Å². The molecule has 1 aromatic carbocycles. The molecule has 1 aromatic rings. The van der Waals surface area contributed by atoms with Crippen molar-refractivity contribution in [3.63, 3.8) is 0 Å². The van der Waals surface area contributed by atoms with Gasteiger partial charge in [-0.3, -0.25) is 9.69 Å². The summed E-state index contributed by atoms with van der Waals surface area (Å²) in [5.41, 5.74) is 7.11. The van der Waals surface area contributed by atoms with Crippen molar-refractivity contribution in [3.8, 4) is 0 Å². The number of carbonyl (C=O) groups is 1. The average Bonchev–Trinajstić information content (AvgIpc) is 2.67. The van der Waals surface area contributed by atoms with Crippen LogP contribution in [0.25, 0.3) is 0 Å². The molecule has 1 saturated heterocycles. The minimum atomic E-state index is -0.0216. The second-order valence-corrected chi connectivity index (χ2v) is 5.11. The van der Waals surface area contributed by atoms with Gasteiger partial charge in [0, 0.05) is 11.3 Å². The molecule has 0 amide bonds. The van der Waals surface area contributed by atoms with Gasteiger partial charge in [-0.05, 0) is 57.1 Å². The number of rotatable bonds is 3. The summed E-state index contributed by atoms with van der Waals surface area (Å²) in [7, 11) is 0. The maximum atomic E-state index is 12.4. The molecular formula is C15H22N2O. The minimum absolute atomic E-state index is 0.0216. The van der Waals surface area contributed by atoms with Crippen LogP contribution in [0.15, 0.2) is 24.3 Å². The van der Waals surface area contributed by atoms with Gasteiger partial charge in [0.2, 0.25) is 0 Å². The van der Waals surface area contributed by atoms with Crippen molar-refractivity contribution in [2.75, 3.05) is 18.8 Å². The van der Waals surface area contributed by atoms with E-state index in [2.05, 4.69) is 4.90 Å². The van der Waals surface area contributed by atoms with E-state index < -0.39 is 0 Å². The van der Waals surface area contributed by atoms with Crippen molar-refractivity contribution in [1.82, 2.24) is 4.90 Å². The van der Waals surface area contributed by atoms with Crippen molar-refractivity contribution in [2.45, 2.75) is 38.6 Å². The van der Waals surface area contributed by atoms with Gasteiger partial charge >= 0.3 is 0 Å². The Bertz CT molecular complexity index is 391. The van der Waals surface area contributed by atoms with Crippen molar-refractivity contribution >= 4 is 11.5 Å². The van der Waals surface area contributed by atoms with Crippen LogP contribution < -0.4 is 5.73 Å². The van der Waals surface area contributed by atoms with E-state index in [1.165, 1.54) is 25.7 Å². The Hall–Kier alpha value is -1.35. The summed E-state index contributed by atoms with van der Waals surface area (Å²) in [6.07, 6.45) is 5.00. The van der Waals surface area contributed by atoms with Crippen LogP contribution in [0.4, 0.5) is 5.69 Å². The van der Waals surface area contributed by atoms with Crippen molar-refractivity contribution in [1.29, 1.82) is 0 Å². The second kappa shape index (κ2) is 6.01. The lowest BCUT2D eigenvalue weighted by molar-refractivity contribution is 0.0843. The molecule has 1 aliphatic rings. The van der Waals surface area contributed by atoms with Gasteiger partial charge < -0.3 is 5.73 Å². The predicted octanol–water partition coefficient (Wildman–Crippen LogP) is 2.72. The highest BCUT2D eigenvalue weighted by molar-refractivity contribution is 6.00. The lowest BCUT2D eigenvalue weighted by Crippen LogP contribution is -2.39. The number of likely N-dealkylation sites (tertiary alicyclic amines) is 1. The number of hydrogen-bond donors (Lipinski definition) is 1. The first kappa shape index (κ1) is 13.1. The van der Waals surface area contributed by atoms with E-state index in [-0.39, 0.29) is 11.8 Å². The lowest BCUT2D eigenvalue weighted by Gasteiger charge is -2.26. The van der Waals surface area contributed by atoms with E-state index in [0.29, 0.717) is 5.69 Å². The Morgan fingerprint density at radius 2 is 1.67 bits per heavy atom. The summed E-state index contributed by atoms with van der Waals surface area (Å²) >= 11 is 0. The third kappa shape index (κ3) is 3.10. The number of ketones is 1. The number of nitrogen functional groups attached to an aromatic ring is 1. The first-order chi connectivity index (χ1) is 8.68. The fourth-order valence-corrected chi connectivity index (χ4v) is 2.54. The molecule has 1 aliphatic heterocycles. The minimum Gasteiger partial charge on any atom is -0.399 e. The first-order valence-corrected chi connectivity index (χ1v) is 6.82. The number of anilines is 1. The molecule has 0 saturated carbocycles. The van der Waals surface area contributed by atoms with Crippen molar-refractivity contribution < 1.29 is 4.79 Å². The number of carbonyl (C=O) groups excluding carboxylic acids is 1. The molecule has 0 aliphatic carbocycles. The molecule has 0 aromatic heterocycles. The van der Waals surface area contributed by atoms with Gasteiger partial charge in [0.05, 0.1) is 6.04 Å². The number of nitrogens with zero attached hydrogens (tertiary/aromatic N) is 1. The van der Waals surface area contributed by atoms with Crippen LogP contribution in [0.2, 0.25) is 0 Å². The molecule has 1 fully saturated rings. The number of benzene rings is 1. The highest BCUT2D eigenvalue weighted by Crippen LogP contribution is 2.16. The van der Waals surface area contributed by atoms with E-state index in [0.717, 1.165) is 18.7 Å². The molecular weight excluding hydrogens is 224 g/mol. The normalized spacial score (nSPS) is 19.2. The molecule has 1 atom stereocenters. The number of Topliss-reactive ketones (excluding diaryl/α,β-unsaturated/α-hetero) is 1. The maximum Gasteiger partial charge on any atom is 0.179 e. The van der Waals surface area contributed by atoms with Crippen molar-refractivity contribution in [3.05, 3.63) is 29.8 Å². The van der Waals surface area contributed by atoms with E-state index >= 15 is 0 Å². The molecule has 98 valence electrons. The fraction of sp³-hybridized carbons (Fsp3) is 0.533. The third-order valence-electron chi connectivity index (χ3n) is 3.76. The first-order valence-electron chi connectivity index (χ1n) is 6.82. The molecule has 2 rings (SSSR count). The van der Waals surface area contributed by atoms with Gasteiger partial charge in [0.1, 0.15) is 0 Å². The Balaban J connectivity index is 2.05. The van der Waals surface area contributed by atoms with Gasteiger partial charge in [-0.15, -0.1) is 0 Å². The van der Waals surface area contributed by atoms with Crippen LogP contribution in [-0.2, 0) is 0 Å². The highest BCUT2D eigenvalue weighted by Gasteiger charge is 2.22. The lowest BCUT2D eigenvalue weighted by atomic mass is 10.0. The Labute approximate surface area is 109 Å². The van der Waals surface area contributed by atoms with Crippen LogP contribution in [0.1, 0.15) is 43.0 Å². The van der Waals surface area contributed by atoms with Crippen LogP contribution in [-0.4, -0.2) is 29.8 Å². The van der Waals surface area contributed by atoms with Gasteiger partial charge in [-0.1, -0.05) is 12.8 Å². The van der Waals surface area contributed by atoms with Crippen LogP contribution in [0.3, 0.4) is 0 Å². The van der Waals surface area contributed by atoms with E-state index in [1.54, 1.807) is 12.1 Å². The monoisotopic (exact) mass is 246 g/mol. The van der Waals surface area contributed by atoms with E-state index in [4.69, 9.17) is 5.73 Å². The largest absolute Gasteiger partial charge is 0.399 e. The average molecular weight is 246 g/mol. The topological polar surface area (TPSA) is 46.3 Å². The molecule has 0 unspecified atom stereocenters. The van der Waals surface area contributed by atoms with Gasteiger partial charge in [0.25, 0.3) is 0 Å². The zero-order valence-electron chi connectivity index (χ0n) is 11.1. The third-order valence-corrected chi connectivity index (χ3v) is 3.76. The van der Waals surface area contributed by atoms with E-state index in [1.807, 2.05) is 19.1 Å². The Morgan fingerprint density at radius 1 is 1.11 bits per heavy atom. The zero-order chi connectivity index (χ0) is 13.0. The summed E-state index contributed by atoms with van der Waals surface area (Å²) in [5.74, 6) is 0.205. The fourth-order valence-electron chi connectivity index (χ4n) is 2.54. The predicted molar refractivity (Wildman–Crippen MR) is 74.7 cm³/mol. The number of hydrogen-bond acceptors (Lipinski definition) is 3. The van der Waals surface area contributed by atoms with Gasteiger partial charge in [-0.25, -0.2) is 0 Å². The van der Waals surface area contributed by atoms with Crippen LogP contribution in [0, 0.1) is 0 Å². The second-order valence-electron chi connectivity index (χ2n) is 5.11. The summed E-state index contributed by atoms with van der Waals surface area (Å²) < 4.78 is 0. The molecule has 1 heterocycles. The molecule has 18 heavy (non-hydrogen) atoms. The summed E-state index contributed by atoms with van der Waals surface area (Å²) in [6, 6.07) is 7.22. The molecule has 0 bridgehead atoms. The highest BCUT2D eigenvalue weighted by atomic mass is 16.1. The van der Waals surface area contributed by atoms with Crippen molar-refractivity contribution in [2.24, 2.45) is 0 Å². The molecule has 3 nitrogen and oxygen atoms in total. The number of nitrogens with two attached hydrogens (primary N) is 1. The zero-order valence-corrected chi connectivity index (χ0v) is 11.1. The molecule has 0 radical (unpaired) electrons. The molecule has 0 spiro atoms. The maximum absolute atomic E-state index is 12.4. The quantitative estimate of drug-likeness (QED) is 0.659. The van der Waals surface area contributed by atoms with E-state index in [9.17, 15) is 4.79 Å². The summed E-state index contributed by atoms with van der Waals surface area (Å²) in [5, 5.41) is 0. The van der Waals surface area contributed by atoms with Crippen LogP contribution >= 0.6 is 0 Å².